The number of carbonyl (C=O) groups excluding carboxylic acids is 4. The molecule has 32 heavy (non-hydrogen) atoms. The van der Waals surface area contributed by atoms with Crippen molar-refractivity contribution in [1.29, 1.82) is 0 Å². The van der Waals surface area contributed by atoms with Crippen LogP contribution in [0.25, 0.3) is 0 Å². The second kappa shape index (κ2) is 8.22. The number of carbonyl (C=O) groups is 4. The first kappa shape index (κ1) is 22.3. The molecule has 0 radical (unpaired) electrons. The van der Waals surface area contributed by atoms with Crippen LogP contribution in [0.3, 0.4) is 0 Å². The minimum atomic E-state index is -0.698. The molecule has 174 valence electrons. The summed E-state index contributed by atoms with van der Waals surface area (Å²) in [5, 5.41) is 2.28. The highest BCUT2D eigenvalue weighted by Gasteiger charge is 2.46. The van der Waals surface area contributed by atoms with Crippen molar-refractivity contribution in [2.45, 2.75) is 45.3 Å². The fourth-order valence-corrected chi connectivity index (χ4v) is 4.66. The van der Waals surface area contributed by atoms with Crippen molar-refractivity contribution < 1.29 is 28.3 Å². The Morgan fingerprint density at radius 2 is 1.81 bits per heavy atom. The Kier molecular flexibility index (Phi) is 5.72. The van der Waals surface area contributed by atoms with Gasteiger partial charge in [0.05, 0.1) is 11.6 Å². The molecule has 0 aromatic carbocycles. The molecular formula is C22H29FN4O5. The van der Waals surface area contributed by atoms with Crippen LogP contribution in [0.2, 0.25) is 0 Å². The van der Waals surface area contributed by atoms with E-state index in [9.17, 15) is 23.6 Å². The predicted molar refractivity (Wildman–Crippen MR) is 112 cm³/mol. The second-order valence-corrected chi connectivity index (χ2v) is 9.67. The topological polar surface area (TPSA) is 99.3 Å². The number of allylic oxidation sites excluding steroid dienone is 1. The minimum Gasteiger partial charge on any atom is -0.444 e. The average Bonchev–Trinajstić information content (AvgIpc) is 3.02. The smallest absolute Gasteiger partial charge is 0.410 e. The van der Waals surface area contributed by atoms with E-state index in [4.69, 9.17) is 4.74 Å². The quantitative estimate of drug-likeness (QED) is 0.637. The molecule has 4 aliphatic rings. The summed E-state index contributed by atoms with van der Waals surface area (Å²) in [7, 11) is 0. The van der Waals surface area contributed by atoms with Crippen LogP contribution in [-0.2, 0) is 19.1 Å². The van der Waals surface area contributed by atoms with Gasteiger partial charge in [0, 0.05) is 45.1 Å². The van der Waals surface area contributed by atoms with Crippen LogP contribution in [0.4, 0.5) is 9.18 Å². The molecule has 1 aliphatic carbocycles. The molecule has 0 saturated carbocycles. The van der Waals surface area contributed by atoms with Crippen LogP contribution in [-0.4, -0.2) is 82.9 Å². The van der Waals surface area contributed by atoms with E-state index in [1.807, 2.05) is 25.7 Å². The summed E-state index contributed by atoms with van der Waals surface area (Å²) in [5.74, 6) is -2.45. The molecule has 4 rings (SSSR count). The maximum Gasteiger partial charge on any atom is 0.410 e. The Morgan fingerprint density at radius 1 is 1.12 bits per heavy atom. The Labute approximate surface area is 186 Å². The lowest BCUT2D eigenvalue weighted by Gasteiger charge is -2.38. The van der Waals surface area contributed by atoms with Gasteiger partial charge in [-0.2, -0.15) is 0 Å². The van der Waals surface area contributed by atoms with Crippen molar-refractivity contribution in [2.24, 2.45) is 11.8 Å². The summed E-state index contributed by atoms with van der Waals surface area (Å²) in [5.41, 5.74) is -0.152. The van der Waals surface area contributed by atoms with E-state index in [-0.39, 0.29) is 36.7 Å². The molecule has 1 N–H and O–H groups in total. The zero-order chi connectivity index (χ0) is 23.2. The number of nitrogens with zero attached hydrogens (tertiary/aromatic N) is 3. The van der Waals surface area contributed by atoms with Gasteiger partial charge in [-0.05, 0) is 33.3 Å². The van der Waals surface area contributed by atoms with Gasteiger partial charge in [-0.25, -0.2) is 9.18 Å². The maximum absolute atomic E-state index is 15.0. The summed E-state index contributed by atoms with van der Waals surface area (Å²) in [4.78, 5) is 53.7. The SMILES string of the molecule is CC(C)(C)OC(=O)N1CCN(C2=CC3CN(C4CCC(=O)NC4=O)C(=O)C3C=C2F)CC1. The molecule has 3 fully saturated rings. The highest BCUT2D eigenvalue weighted by molar-refractivity contribution is 6.02. The van der Waals surface area contributed by atoms with Gasteiger partial charge in [0.1, 0.15) is 17.5 Å². The third-order valence-electron chi connectivity index (χ3n) is 6.24. The summed E-state index contributed by atoms with van der Waals surface area (Å²) in [6.45, 7) is 7.47. The first-order valence-electron chi connectivity index (χ1n) is 11.0. The number of likely N-dealkylation sites (tertiary alicyclic amines) is 1. The molecule has 3 aliphatic heterocycles. The number of hydrogen-bond donors (Lipinski definition) is 1. The number of hydrogen-bond acceptors (Lipinski definition) is 6. The molecule has 4 amide bonds. The Bertz CT molecular complexity index is 900. The van der Waals surface area contributed by atoms with Crippen LogP contribution in [0, 0.1) is 11.8 Å². The van der Waals surface area contributed by atoms with Gasteiger partial charge in [0.15, 0.2) is 0 Å². The number of piperidine rings is 1. The van der Waals surface area contributed by atoms with Crippen molar-refractivity contribution in [3.05, 3.63) is 23.7 Å². The van der Waals surface area contributed by atoms with E-state index in [2.05, 4.69) is 5.32 Å². The van der Waals surface area contributed by atoms with E-state index < -0.39 is 29.3 Å². The standard InChI is InChI=1S/C22H29FN4O5/c1-22(2,3)32-21(31)26-8-6-25(7-9-26)17-10-13-12-27(20(30)14(13)11-15(17)23)16-4-5-18(28)24-19(16)29/h10-11,13-14,16H,4-9,12H2,1-3H3,(H,24,28,29). The van der Waals surface area contributed by atoms with Crippen molar-refractivity contribution in [1.82, 2.24) is 20.0 Å². The van der Waals surface area contributed by atoms with Gasteiger partial charge >= 0.3 is 6.09 Å². The van der Waals surface area contributed by atoms with Crippen molar-refractivity contribution in [2.75, 3.05) is 32.7 Å². The third-order valence-corrected chi connectivity index (χ3v) is 6.24. The van der Waals surface area contributed by atoms with Crippen LogP contribution in [0.15, 0.2) is 23.7 Å². The van der Waals surface area contributed by atoms with E-state index in [0.717, 1.165) is 0 Å². The van der Waals surface area contributed by atoms with Gasteiger partial charge < -0.3 is 19.4 Å². The van der Waals surface area contributed by atoms with Gasteiger partial charge in [-0.1, -0.05) is 6.08 Å². The zero-order valence-electron chi connectivity index (χ0n) is 18.6. The predicted octanol–water partition coefficient (Wildman–Crippen LogP) is 1.17. The largest absolute Gasteiger partial charge is 0.444 e. The molecule has 0 bridgehead atoms. The molecule has 0 aromatic rings. The number of rotatable bonds is 2. The van der Waals surface area contributed by atoms with E-state index >= 15 is 0 Å². The second-order valence-electron chi connectivity index (χ2n) is 9.67. The molecule has 3 heterocycles. The Hall–Kier alpha value is -2.91. The van der Waals surface area contributed by atoms with E-state index in [0.29, 0.717) is 38.4 Å². The van der Waals surface area contributed by atoms with Gasteiger partial charge in [0.25, 0.3) is 0 Å². The lowest BCUT2D eigenvalue weighted by Crippen LogP contribution is -2.53. The van der Waals surface area contributed by atoms with Gasteiger partial charge in [-0.15, -0.1) is 0 Å². The van der Waals surface area contributed by atoms with Crippen molar-refractivity contribution in [3.8, 4) is 0 Å². The molecule has 3 saturated heterocycles. The monoisotopic (exact) mass is 448 g/mol. The van der Waals surface area contributed by atoms with Crippen molar-refractivity contribution >= 4 is 23.8 Å². The highest BCUT2D eigenvalue weighted by Crippen LogP contribution is 2.38. The van der Waals surface area contributed by atoms with Gasteiger partial charge in [0.2, 0.25) is 17.7 Å². The maximum atomic E-state index is 15.0. The Morgan fingerprint density at radius 3 is 2.44 bits per heavy atom. The molecular weight excluding hydrogens is 419 g/mol. The number of halogens is 1. The number of nitrogens with one attached hydrogen (secondary N) is 1. The zero-order valence-corrected chi connectivity index (χ0v) is 18.6. The number of fused-ring (bicyclic) bond motifs is 1. The number of piperazine rings is 1. The number of amides is 4. The lowest BCUT2D eigenvalue weighted by atomic mass is 9.89. The fraction of sp³-hybridized carbons (Fsp3) is 0.636. The average molecular weight is 448 g/mol. The van der Waals surface area contributed by atoms with Crippen LogP contribution in [0.5, 0.6) is 0 Å². The molecule has 9 nitrogen and oxygen atoms in total. The van der Waals surface area contributed by atoms with Gasteiger partial charge in [-0.3, -0.25) is 19.7 Å². The first-order valence-corrected chi connectivity index (χ1v) is 11.0. The summed E-state index contributed by atoms with van der Waals surface area (Å²) < 4.78 is 20.4. The van der Waals surface area contributed by atoms with Crippen LogP contribution < -0.4 is 5.32 Å². The molecule has 0 aromatic heterocycles. The summed E-state index contributed by atoms with van der Waals surface area (Å²) in [6.07, 6.45) is 3.20. The summed E-state index contributed by atoms with van der Waals surface area (Å²) >= 11 is 0. The third kappa shape index (κ3) is 4.35. The van der Waals surface area contributed by atoms with E-state index in [1.165, 1.54) is 11.0 Å². The minimum absolute atomic E-state index is 0.183. The molecule has 0 spiro atoms. The molecule has 10 heteroatoms. The number of ether oxygens (including phenoxy) is 1. The Balaban J connectivity index is 1.41. The fourth-order valence-electron chi connectivity index (χ4n) is 4.66. The van der Waals surface area contributed by atoms with E-state index in [1.54, 1.807) is 11.0 Å². The summed E-state index contributed by atoms with van der Waals surface area (Å²) in [6, 6.07) is -0.698. The number of imide groups is 1. The molecule has 3 atom stereocenters. The van der Waals surface area contributed by atoms with Crippen LogP contribution >= 0.6 is 0 Å². The first-order chi connectivity index (χ1) is 15.0. The van der Waals surface area contributed by atoms with Crippen molar-refractivity contribution in [3.63, 3.8) is 0 Å². The lowest BCUT2D eigenvalue weighted by molar-refractivity contribution is -0.144. The normalized spacial score (nSPS) is 28.8. The van der Waals surface area contributed by atoms with Crippen LogP contribution in [0.1, 0.15) is 33.6 Å². The molecule has 3 unspecified atom stereocenters. The highest BCUT2D eigenvalue weighted by atomic mass is 19.1.